The second-order valence-corrected chi connectivity index (χ2v) is 7.10. The Morgan fingerprint density at radius 3 is 2.42 bits per heavy atom. The highest BCUT2D eigenvalue weighted by atomic mass is 15.3. The van der Waals surface area contributed by atoms with Gasteiger partial charge in [-0.05, 0) is 31.5 Å². The van der Waals surface area contributed by atoms with Crippen LogP contribution in [0.2, 0.25) is 0 Å². The fourth-order valence-electron chi connectivity index (χ4n) is 3.14. The van der Waals surface area contributed by atoms with Gasteiger partial charge in [0.25, 0.3) is 0 Å². The van der Waals surface area contributed by atoms with Crippen LogP contribution >= 0.6 is 0 Å². The van der Waals surface area contributed by atoms with Gasteiger partial charge in [-0.2, -0.15) is 0 Å². The smallest absolute Gasteiger partial charge is 0.0235 e. The molecule has 0 amide bonds. The highest BCUT2D eigenvalue weighted by Gasteiger charge is 2.30. The molecule has 114 valence electrons. The summed E-state index contributed by atoms with van der Waals surface area (Å²) in [6, 6.07) is 1.37. The number of likely N-dealkylation sites (tertiary alicyclic amines) is 1. The van der Waals surface area contributed by atoms with Crippen LogP contribution in [0.4, 0.5) is 0 Å². The molecule has 1 fully saturated rings. The van der Waals surface area contributed by atoms with E-state index in [1.165, 1.54) is 39.1 Å². The first kappa shape index (κ1) is 16.9. The molecule has 0 saturated carbocycles. The molecular weight excluding hydrogens is 234 g/mol. The maximum absolute atomic E-state index is 3.58. The zero-order valence-corrected chi connectivity index (χ0v) is 14.0. The summed E-state index contributed by atoms with van der Waals surface area (Å²) < 4.78 is 0. The zero-order valence-electron chi connectivity index (χ0n) is 14.0. The largest absolute Gasteiger partial charge is 0.314 e. The summed E-state index contributed by atoms with van der Waals surface area (Å²) in [6.07, 6.45) is 1.34. The number of hydrogen-bond donors (Lipinski definition) is 1. The monoisotopic (exact) mass is 269 g/mol. The maximum atomic E-state index is 3.58. The third-order valence-corrected chi connectivity index (χ3v) is 4.22. The zero-order chi connectivity index (χ0) is 14.5. The van der Waals surface area contributed by atoms with Crippen LogP contribution in [-0.2, 0) is 0 Å². The molecule has 0 spiro atoms. The molecule has 0 aromatic carbocycles. The minimum Gasteiger partial charge on any atom is -0.314 e. The molecule has 1 N–H and O–H groups in total. The van der Waals surface area contributed by atoms with Crippen molar-refractivity contribution < 1.29 is 0 Å². The van der Waals surface area contributed by atoms with Crippen LogP contribution in [0, 0.1) is 5.41 Å². The molecule has 1 saturated heterocycles. The Morgan fingerprint density at radius 2 is 1.89 bits per heavy atom. The summed E-state index contributed by atoms with van der Waals surface area (Å²) in [5, 5.41) is 3.58. The Kier molecular flexibility index (Phi) is 6.78. The average molecular weight is 269 g/mol. The lowest BCUT2D eigenvalue weighted by atomic mass is 9.92. The van der Waals surface area contributed by atoms with Crippen molar-refractivity contribution in [3.8, 4) is 0 Å². The molecule has 0 radical (unpaired) electrons. The highest BCUT2D eigenvalue weighted by Crippen LogP contribution is 2.22. The summed E-state index contributed by atoms with van der Waals surface area (Å²) in [5.74, 6) is 0. The SMILES string of the molecule is CCN(CC)C1CCN(CC(C)(C)CNC(C)C)C1. The third kappa shape index (κ3) is 5.80. The van der Waals surface area contributed by atoms with Gasteiger partial charge in [0.2, 0.25) is 0 Å². The van der Waals surface area contributed by atoms with Crippen LogP contribution in [0.15, 0.2) is 0 Å². The fourth-order valence-corrected chi connectivity index (χ4v) is 3.14. The van der Waals surface area contributed by atoms with E-state index in [0.717, 1.165) is 12.6 Å². The first-order valence-electron chi connectivity index (χ1n) is 8.07. The van der Waals surface area contributed by atoms with Gasteiger partial charge in [0, 0.05) is 31.7 Å². The van der Waals surface area contributed by atoms with E-state index in [1.807, 2.05) is 0 Å². The van der Waals surface area contributed by atoms with Gasteiger partial charge < -0.3 is 10.2 Å². The number of nitrogens with zero attached hydrogens (tertiary/aromatic N) is 2. The Balaban J connectivity index is 2.38. The summed E-state index contributed by atoms with van der Waals surface area (Å²) in [7, 11) is 0. The van der Waals surface area contributed by atoms with E-state index in [1.54, 1.807) is 0 Å². The lowest BCUT2D eigenvalue weighted by molar-refractivity contribution is 0.173. The topological polar surface area (TPSA) is 18.5 Å². The van der Waals surface area contributed by atoms with E-state index < -0.39 is 0 Å². The highest BCUT2D eigenvalue weighted by molar-refractivity contribution is 4.86. The molecule has 0 bridgehead atoms. The quantitative estimate of drug-likeness (QED) is 0.730. The van der Waals surface area contributed by atoms with Crippen LogP contribution in [0.1, 0.15) is 48.0 Å². The van der Waals surface area contributed by atoms with Gasteiger partial charge in [-0.3, -0.25) is 4.90 Å². The molecule has 0 aliphatic carbocycles. The predicted octanol–water partition coefficient (Wildman–Crippen LogP) is 2.43. The van der Waals surface area contributed by atoms with Gasteiger partial charge in [-0.15, -0.1) is 0 Å². The summed E-state index contributed by atoms with van der Waals surface area (Å²) in [4.78, 5) is 5.27. The lowest BCUT2D eigenvalue weighted by Gasteiger charge is -2.32. The van der Waals surface area contributed by atoms with Crippen LogP contribution in [0.3, 0.4) is 0 Å². The number of hydrogen-bond acceptors (Lipinski definition) is 3. The van der Waals surface area contributed by atoms with Crippen molar-refractivity contribution in [2.75, 3.05) is 39.3 Å². The van der Waals surface area contributed by atoms with Crippen LogP contribution in [-0.4, -0.2) is 61.2 Å². The minimum absolute atomic E-state index is 0.364. The molecule has 0 aromatic rings. The average Bonchev–Trinajstić information content (AvgIpc) is 2.76. The molecule has 0 aromatic heterocycles. The number of rotatable bonds is 8. The van der Waals surface area contributed by atoms with Crippen molar-refractivity contribution in [2.24, 2.45) is 5.41 Å². The summed E-state index contributed by atoms with van der Waals surface area (Å²) in [5.41, 5.74) is 0.364. The molecule has 1 rings (SSSR count). The third-order valence-electron chi connectivity index (χ3n) is 4.22. The van der Waals surface area contributed by atoms with Crippen LogP contribution < -0.4 is 5.32 Å². The molecule has 19 heavy (non-hydrogen) atoms. The first-order valence-corrected chi connectivity index (χ1v) is 8.07. The lowest BCUT2D eigenvalue weighted by Crippen LogP contribution is -2.43. The second-order valence-electron chi connectivity index (χ2n) is 7.10. The van der Waals surface area contributed by atoms with Crippen LogP contribution in [0.5, 0.6) is 0 Å². The molecule has 1 aliphatic heterocycles. The van der Waals surface area contributed by atoms with Crippen molar-refractivity contribution >= 4 is 0 Å². The Hall–Kier alpha value is -0.120. The van der Waals surface area contributed by atoms with Crippen LogP contribution in [0.25, 0.3) is 0 Å². The van der Waals surface area contributed by atoms with Gasteiger partial charge in [-0.1, -0.05) is 41.5 Å². The number of nitrogens with one attached hydrogen (secondary N) is 1. The standard InChI is InChI=1S/C16H35N3/c1-7-19(8-2)15-9-10-18(11-15)13-16(5,6)12-17-14(3)4/h14-15,17H,7-13H2,1-6H3. The minimum atomic E-state index is 0.364. The molecule has 1 atom stereocenters. The van der Waals surface area contributed by atoms with E-state index in [9.17, 15) is 0 Å². The number of likely N-dealkylation sites (N-methyl/N-ethyl adjacent to an activating group) is 1. The maximum Gasteiger partial charge on any atom is 0.0235 e. The predicted molar refractivity (Wildman–Crippen MR) is 84.7 cm³/mol. The molecular formula is C16H35N3. The molecule has 1 unspecified atom stereocenters. The van der Waals surface area contributed by atoms with Crippen molar-refractivity contribution in [1.82, 2.24) is 15.1 Å². The van der Waals surface area contributed by atoms with Gasteiger partial charge in [-0.25, -0.2) is 0 Å². The van der Waals surface area contributed by atoms with Gasteiger partial charge >= 0.3 is 0 Å². The normalized spacial score (nSPS) is 21.8. The van der Waals surface area contributed by atoms with Crippen molar-refractivity contribution in [3.63, 3.8) is 0 Å². The Labute approximate surface area is 120 Å². The van der Waals surface area contributed by atoms with Gasteiger partial charge in [0.05, 0.1) is 0 Å². The fraction of sp³-hybridized carbons (Fsp3) is 1.00. The molecule has 3 heteroatoms. The van der Waals surface area contributed by atoms with E-state index >= 15 is 0 Å². The molecule has 3 nitrogen and oxygen atoms in total. The second kappa shape index (κ2) is 7.61. The van der Waals surface area contributed by atoms with Gasteiger partial charge in [0.15, 0.2) is 0 Å². The van der Waals surface area contributed by atoms with Crippen molar-refractivity contribution in [1.29, 1.82) is 0 Å². The van der Waals surface area contributed by atoms with E-state index in [0.29, 0.717) is 11.5 Å². The Morgan fingerprint density at radius 1 is 1.26 bits per heavy atom. The van der Waals surface area contributed by atoms with E-state index in [2.05, 4.69) is 56.7 Å². The summed E-state index contributed by atoms with van der Waals surface area (Å²) >= 11 is 0. The van der Waals surface area contributed by atoms with E-state index in [-0.39, 0.29) is 0 Å². The summed E-state index contributed by atoms with van der Waals surface area (Å²) in [6.45, 7) is 21.0. The molecule has 1 heterocycles. The van der Waals surface area contributed by atoms with Crippen molar-refractivity contribution in [2.45, 2.75) is 60.0 Å². The molecule has 1 aliphatic rings. The van der Waals surface area contributed by atoms with Crippen molar-refractivity contribution in [3.05, 3.63) is 0 Å². The Bertz CT molecular complexity index is 246. The van der Waals surface area contributed by atoms with E-state index in [4.69, 9.17) is 0 Å². The first-order chi connectivity index (χ1) is 8.88. The van der Waals surface area contributed by atoms with Gasteiger partial charge in [0.1, 0.15) is 0 Å².